The second-order valence-corrected chi connectivity index (χ2v) is 5.84. The number of rotatable bonds is 6. The molecule has 0 heterocycles. The molecule has 0 unspecified atom stereocenters. The van der Waals surface area contributed by atoms with Crippen molar-refractivity contribution in [1.82, 2.24) is 0 Å². The highest BCUT2D eigenvalue weighted by atomic mass is 79.9. The summed E-state index contributed by atoms with van der Waals surface area (Å²) in [6, 6.07) is 7.86. The molecule has 0 aliphatic carbocycles. The normalized spacial score (nSPS) is 10.1. The van der Waals surface area contributed by atoms with E-state index in [4.69, 9.17) is 9.47 Å². The summed E-state index contributed by atoms with van der Waals surface area (Å²) in [5.41, 5.74) is -0.110. The summed E-state index contributed by atoms with van der Waals surface area (Å²) in [5, 5.41) is 22.8. The lowest BCUT2D eigenvalue weighted by molar-refractivity contribution is -0.384. The summed E-state index contributed by atoms with van der Waals surface area (Å²) in [6.07, 6.45) is 0. The molecule has 10 heteroatoms. The van der Waals surface area contributed by atoms with Crippen molar-refractivity contribution < 1.29 is 29.1 Å². The van der Waals surface area contributed by atoms with E-state index in [1.807, 2.05) is 0 Å². The Morgan fingerprint density at radius 1 is 1.27 bits per heavy atom. The van der Waals surface area contributed by atoms with Crippen molar-refractivity contribution in [3.63, 3.8) is 0 Å². The number of aromatic hydroxyl groups is 1. The number of nitrogens with zero attached hydrogens (tertiary/aromatic N) is 1. The Morgan fingerprint density at radius 3 is 2.65 bits per heavy atom. The lowest BCUT2D eigenvalue weighted by atomic mass is 10.2. The Balaban J connectivity index is 2.02. The van der Waals surface area contributed by atoms with E-state index in [2.05, 4.69) is 21.2 Å². The van der Waals surface area contributed by atoms with Gasteiger partial charge in [0, 0.05) is 10.5 Å². The minimum atomic E-state index is -0.880. The molecule has 0 aliphatic heterocycles. The van der Waals surface area contributed by atoms with Gasteiger partial charge < -0.3 is 19.9 Å². The number of nitro groups is 1. The standard InChI is InChI=1S/C16H13BrN2O7/c1-25-14-7-10(19(23)24)3-4-12(14)18-15(21)8-26-16(22)11-6-9(17)2-5-13(11)20/h2-7,20H,8H2,1H3,(H,18,21). The Hall–Kier alpha value is -3.14. The highest BCUT2D eigenvalue weighted by molar-refractivity contribution is 9.10. The van der Waals surface area contributed by atoms with Gasteiger partial charge >= 0.3 is 5.97 Å². The van der Waals surface area contributed by atoms with Gasteiger partial charge in [-0.15, -0.1) is 0 Å². The molecule has 0 fully saturated rings. The summed E-state index contributed by atoms with van der Waals surface area (Å²) >= 11 is 3.16. The van der Waals surface area contributed by atoms with Crippen molar-refractivity contribution in [2.75, 3.05) is 19.0 Å². The maximum atomic E-state index is 11.9. The van der Waals surface area contributed by atoms with Crippen LogP contribution in [0.4, 0.5) is 11.4 Å². The second kappa shape index (κ2) is 8.30. The van der Waals surface area contributed by atoms with Crippen LogP contribution >= 0.6 is 15.9 Å². The van der Waals surface area contributed by atoms with Crippen molar-refractivity contribution in [2.24, 2.45) is 0 Å². The highest BCUT2D eigenvalue weighted by Gasteiger charge is 2.17. The van der Waals surface area contributed by atoms with Gasteiger partial charge in [0.1, 0.15) is 17.1 Å². The molecular formula is C16H13BrN2O7. The Labute approximate surface area is 155 Å². The summed E-state index contributed by atoms with van der Waals surface area (Å²) in [6.45, 7) is -0.620. The minimum Gasteiger partial charge on any atom is -0.507 e. The van der Waals surface area contributed by atoms with E-state index in [1.165, 1.54) is 31.4 Å². The van der Waals surface area contributed by atoms with E-state index >= 15 is 0 Å². The number of carbonyl (C=O) groups excluding carboxylic acids is 2. The molecule has 0 saturated heterocycles. The van der Waals surface area contributed by atoms with Gasteiger partial charge in [0.05, 0.1) is 23.8 Å². The number of amides is 1. The molecule has 136 valence electrons. The van der Waals surface area contributed by atoms with E-state index in [-0.39, 0.29) is 28.4 Å². The monoisotopic (exact) mass is 424 g/mol. The summed E-state index contributed by atoms with van der Waals surface area (Å²) < 4.78 is 10.4. The third-order valence-corrected chi connectivity index (χ3v) is 3.68. The van der Waals surface area contributed by atoms with Crippen LogP contribution in [0.15, 0.2) is 40.9 Å². The average Bonchev–Trinajstić information content (AvgIpc) is 2.61. The van der Waals surface area contributed by atoms with Crippen LogP contribution in [-0.4, -0.2) is 35.6 Å². The maximum Gasteiger partial charge on any atom is 0.342 e. The quantitative estimate of drug-likeness (QED) is 0.414. The molecule has 0 saturated carbocycles. The third-order valence-electron chi connectivity index (χ3n) is 3.18. The molecule has 2 aromatic carbocycles. The fraction of sp³-hybridized carbons (Fsp3) is 0.125. The van der Waals surface area contributed by atoms with Crippen molar-refractivity contribution in [2.45, 2.75) is 0 Å². The summed E-state index contributed by atoms with van der Waals surface area (Å²) in [4.78, 5) is 34.0. The van der Waals surface area contributed by atoms with E-state index < -0.39 is 23.4 Å². The van der Waals surface area contributed by atoms with Gasteiger partial charge in [-0.05, 0) is 24.3 Å². The Morgan fingerprint density at radius 2 is 2.00 bits per heavy atom. The van der Waals surface area contributed by atoms with Crippen LogP contribution in [0.5, 0.6) is 11.5 Å². The number of ether oxygens (including phenoxy) is 2. The number of benzene rings is 2. The van der Waals surface area contributed by atoms with E-state index in [0.29, 0.717) is 4.47 Å². The van der Waals surface area contributed by atoms with E-state index in [0.717, 1.165) is 6.07 Å². The molecule has 1 amide bonds. The molecule has 0 spiro atoms. The zero-order chi connectivity index (χ0) is 19.3. The number of methoxy groups -OCH3 is 1. The number of hydrogen-bond donors (Lipinski definition) is 2. The largest absolute Gasteiger partial charge is 0.507 e. The number of anilines is 1. The number of non-ortho nitro benzene ring substituents is 1. The number of phenols is 1. The lowest BCUT2D eigenvalue weighted by Gasteiger charge is -2.10. The number of nitrogens with one attached hydrogen (secondary N) is 1. The molecule has 0 bridgehead atoms. The topological polar surface area (TPSA) is 128 Å². The maximum absolute atomic E-state index is 11.9. The molecule has 0 aliphatic rings. The fourth-order valence-electron chi connectivity index (χ4n) is 1.96. The first-order chi connectivity index (χ1) is 12.3. The van der Waals surface area contributed by atoms with Crippen LogP contribution in [0.3, 0.4) is 0 Å². The van der Waals surface area contributed by atoms with Crippen LogP contribution < -0.4 is 10.1 Å². The zero-order valence-electron chi connectivity index (χ0n) is 13.4. The van der Waals surface area contributed by atoms with Gasteiger partial charge in [0.15, 0.2) is 6.61 Å². The number of carbonyl (C=O) groups is 2. The van der Waals surface area contributed by atoms with Crippen molar-refractivity contribution in [1.29, 1.82) is 0 Å². The molecule has 26 heavy (non-hydrogen) atoms. The van der Waals surface area contributed by atoms with Crippen LogP contribution in [-0.2, 0) is 9.53 Å². The molecule has 0 radical (unpaired) electrons. The Bertz CT molecular complexity index is 870. The molecule has 0 aromatic heterocycles. The molecule has 2 rings (SSSR count). The smallest absolute Gasteiger partial charge is 0.342 e. The van der Waals surface area contributed by atoms with Gasteiger partial charge in [-0.25, -0.2) is 4.79 Å². The number of halogens is 1. The van der Waals surface area contributed by atoms with Crippen LogP contribution in [0, 0.1) is 10.1 Å². The van der Waals surface area contributed by atoms with Gasteiger partial charge in [0.25, 0.3) is 11.6 Å². The van der Waals surface area contributed by atoms with Gasteiger partial charge in [-0.1, -0.05) is 15.9 Å². The summed E-state index contributed by atoms with van der Waals surface area (Å²) in [7, 11) is 1.30. The van der Waals surface area contributed by atoms with Crippen molar-refractivity contribution >= 4 is 39.2 Å². The first-order valence-corrected chi connectivity index (χ1v) is 7.89. The molecule has 2 aromatic rings. The fourth-order valence-corrected chi connectivity index (χ4v) is 2.32. The van der Waals surface area contributed by atoms with Crippen molar-refractivity contribution in [3.8, 4) is 11.5 Å². The predicted octanol–water partition coefficient (Wildman–Crippen LogP) is 2.87. The molecule has 0 atom stereocenters. The zero-order valence-corrected chi connectivity index (χ0v) is 15.0. The first-order valence-electron chi connectivity index (χ1n) is 7.09. The number of hydrogen-bond acceptors (Lipinski definition) is 7. The predicted molar refractivity (Wildman–Crippen MR) is 94.4 cm³/mol. The highest BCUT2D eigenvalue weighted by Crippen LogP contribution is 2.29. The molecular weight excluding hydrogens is 412 g/mol. The lowest BCUT2D eigenvalue weighted by Crippen LogP contribution is -2.21. The summed E-state index contributed by atoms with van der Waals surface area (Å²) in [5.74, 6) is -1.76. The molecule has 9 nitrogen and oxygen atoms in total. The second-order valence-electron chi connectivity index (χ2n) is 4.93. The number of phenolic OH excluding ortho intramolecular Hbond substituents is 1. The molecule has 2 N–H and O–H groups in total. The van der Waals surface area contributed by atoms with Crippen molar-refractivity contribution in [3.05, 3.63) is 56.5 Å². The number of nitro benzene ring substituents is 1. The van der Waals surface area contributed by atoms with Gasteiger partial charge in [-0.2, -0.15) is 0 Å². The third kappa shape index (κ3) is 4.70. The van der Waals surface area contributed by atoms with Crippen LogP contribution in [0.2, 0.25) is 0 Å². The number of esters is 1. The minimum absolute atomic E-state index is 0.0866. The average molecular weight is 425 g/mol. The van der Waals surface area contributed by atoms with Crippen LogP contribution in [0.1, 0.15) is 10.4 Å². The van der Waals surface area contributed by atoms with Crippen LogP contribution in [0.25, 0.3) is 0 Å². The first kappa shape index (κ1) is 19.2. The van der Waals surface area contributed by atoms with E-state index in [9.17, 15) is 24.8 Å². The van der Waals surface area contributed by atoms with Gasteiger partial charge in [0.2, 0.25) is 0 Å². The SMILES string of the molecule is COc1cc([N+](=O)[O-])ccc1NC(=O)COC(=O)c1cc(Br)ccc1O. The Kier molecular flexibility index (Phi) is 6.12. The van der Waals surface area contributed by atoms with Gasteiger partial charge in [-0.3, -0.25) is 14.9 Å². The van der Waals surface area contributed by atoms with E-state index in [1.54, 1.807) is 6.07 Å².